The maximum Gasteiger partial charge on any atom is 0.422 e. The lowest BCUT2D eigenvalue weighted by atomic mass is 9.86. The fourth-order valence-electron chi connectivity index (χ4n) is 2.80. The Bertz CT molecular complexity index is 532. The van der Waals surface area contributed by atoms with Crippen molar-refractivity contribution in [3.8, 4) is 5.75 Å². The van der Waals surface area contributed by atoms with E-state index in [9.17, 15) is 18.0 Å². The third kappa shape index (κ3) is 6.29. The molecule has 24 heavy (non-hydrogen) atoms. The van der Waals surface area contributed by atoms with Gasteiger partial charge in [0.25, 0.3) is 0 Å². The van der Waals surface area contributed by atoms with Crippen molar-refractivity contribution in [3.63, 3.8) is 0 Å². The molecule has 2 amide bonds. The Morgan fingerprint density at radius 1 is 1.21 bits per heavy atom. The number of benzene rings is 1. The normalized spacial score (nSPS) is 21.2. The number of carbonyl (C=O) groups excluding carboxylic acids is 1. The number of carbonyl (C=O) groups is 1. The minimum Gasteiger partial charge on any atom is -0.484 e. The van der Waals surface area contributed by atoms with Crippen LogP contribution in [0.25, 0.3) is 0 Å². The molecule has 1 aromatic rings. The second-order valence-corrected chi connectivity index (χ2v) is 6.24. The summed E-state index contributed by atoms with van der Waals surface area (Å²) < 4.78 is 40.9. The molecule has 0 spiro atoms. The van der Waals surface area contributed by atoms with E-state index in [1.165, 1.54) is 18.6 Å². The monoisotopic (exact) mass is 344 g/mol. The van der Waals surface area contributed by atoms with Crippen LogP contribution in [0.2, 0.25) is 0 Å². The summed E-state index contributed by atoms with van der Waals surface area (Å²) in [5.74, 6) is 0.631. The highest BCUT2D eigenvalue weighted by Crippen LogP contribution is 2.23. The molecule has 0 heterocycles. The lowest BCUT2D eigenvalue weighted by Gasteiger charge is -2.29. The standard InChI is InChI=1S/C17H23F3N2O2/c1-12-4-2-3-5-15(12)22-16(23)21-10-13-6-8-14(9-7-13)24-11-17(18,19)20/h6-9,12,15H,2-5,10-11H2,1H3,(H2,21,22,23)/t12-,15-/m1/s1. The zero-order chi connectivity index (χ0) is 17.6. The van der Waals surface area contributed by atoms with Gasteiger partial charge in [0.15, 0.2) is 6.61 Å². The van der Waals surface area contributed by atoms with Gasteiger partial charge in [0.1, 0.15) is 5.75 Å². The predicted octanol–water partition coefficient (Wildman–Crippen LogP) is 4.01. The van der Waals surface area contributed by atoms with E-state index in [0.717, 1.165) is 24.8 Å². The van der Waals surface area contributed by atoms with Gasteiger partial charge >= 0.3 is 12.2 Å². The highest BCUT2D eigenvalue weighted by molar-refractivity contribution is 5.74. The van der Waals surface area contributed by atoms with Gasteiger partial charge in [0.2, 0.25) is 0 Å². The van der Waals surface area contributed by atoms with E-state index < -0.39 is 12.8 Å². The van der Waals surface area contributed by atoms with Crippen LogP contribution in [-0.4, -0.2) is 24.9 Å². The maximum atomic E-state index is 12.1. The summed E-state index contributed by atoms with van der Waals surface area (Å²) in [7, 11) is 0. The molecule has 0 saturated heterocycles. The quantitative estimate of drug-likeness (QED) is 0.848. The average molecular weight is 344 g/mol. The van der Waals surface area contributed by atoms with Gasteiger partial charge in [-0.1, -0.05) is 31.9 Å². The minimum atomic E-state index is -4.35. The van der Waals surface area contributed by atoms with Crippen LogP contribution in [0.4, 0.5) is 18.0 Å². The van der Waals surface area contributed by atoms with Crippen molar-refractivity contribution in [1.29, 1.82) is 0 Å². The molecule has 2 atom stereocenters. The van der Waals surface area contributed by atoms with Crippen molar-refractivity contribution in [2.45, 2.75) is 51.4 Å². The van der Waals surface area contributed by atoms with Crippen LogP contribution in [0.15, 0.2) is 24.3 Å². The van der Waals surface area contributed by atoms with E-state index in [-0.39, 0.29) is 17.8 Å². The van der Waals surface area contributed by atoms with Gasteiger partial charge in [-0.2, -0.15) is 13.2 Å². The van der Waals surface area contributed by atoms with Crippen LogP contribution in [-0.2, 0) is 6.54 Å². The Balaban J connectivity index is 1.74. The molecule has 2 rings (SSSR count). The lowest BCUT2D eigenvalue weighted by molar-refractivity contribution is -0.153. The summed E-state index contributed by atoms with van der Waals surface area (Å²) in [5.41, 5.74) is 0.793. The van der Waals surface area contributed by atoms with Crippen molar-refractivity contribution in [1.82, 2.24) is 10.6 Å². The van der Waals surface area contributed by atoms with E-state index in [2.05, 4.69) is 22.3 Å². The molecule has 1 saturated carbocycles. The first kappa shape index (κ1) is 18.4. The Hall–Kier alpha value is -1.92. The van der Waals surface area contributed by atoms with Crippen LogP contribution in [0, 0.1) is 5.92 Å². The number of urea groups is 1. The van der Waals surface area contributed by atoms with E-state index in [1.54, 1.807) is 12.1 Å². The fraction of sp³-hybridized carbons (Fsp3) is 0.588. The highest BCUT2D eigenvalue weighted by Gasteiger charge is 2.28. The van der Waals surface area contributed by atoms with E-state index >= 15 is 0 Å². The number of nitrogens with one attached hydrogen (secondary N) is 2. The van der Waals surface area contributed by atoms with Gasteiger partial charge < -0.3 is 15.4 Å². The molecule has 0 bridgehead atoms. The molecule has 4 nitrogen and oxygen atoms in total. The van der Waals surface area contributed by atoms with Crippen molar-refractivity contribution in [2.24, 2.45) is 5.92 Å². The summed E-state index contributed by atoms with van der Waals surface area (Å²) in [6.07, 6.45) is 0.122. The molecule has 7 heteroatoms. The number of halogens is 3. The molecule has 0 radical (unpaired) electrons. The molecule has 1 aliphatic carbocycles. The Morgan fingerprint density at radius 2 is 1.88 bits per heavy atom. The summed E-state index contributed by atoms with van der Waals surface area (Å²) in [4.78, 5) is 11.9. The third-order valence-corrected chi connectivity index (χ3v) is 4.21. The topological polar surface area (TPSA) is 50.4 Å². The molecule has 2 N–H and O–H groups in total. The predicted molar refractivity (Wildman–Crippen MR) is 84.8 cm³/mol. The fourth-order valence-corrected chi connectivity index (χ4v) is 2.80. The van der Waals surface area contributed by atoms with Gasteiger partial charge in [0, 0.05) is 12.6 Å². The molecule has 0 unspecified atom stereocenters. The number of ether oxygens (including phenoxy) is 1. The smallest absolute Gasteiger partial charge is 0.422 e. The van der Waals surface area contributed by atoms with Gasteiger partial charge in [-0.25, -0.2) is 4.79 Å². The Kier molecular flexibility index (Phi) is 6.34. The molecule has 0 aliphatic heterocycles. The number of alkyl halides is 3. The SMILES string of the molecule is C[C@@H]1CCCC[C@H]1NC(=O)NCc1ccc(OCC(F)(F)F)cc1. The van der Waals surface area contributed by atoms with Crippen LogP contribution in [0.3, 0.4) is 0 Å². The van der Waals surface area contributed by atoms with Crippen LogP contribution in [0.5, 0.6) is 5.75 Å². The minimum absolute atomic E-state index is 0.150. The van der Waals surface area contributed by atoms with Gasteiger partial charge in [-0.05, 0) is 36.5 Å². The number of hydrogen-bond acceptors (Lipinski definition) is 2. The zero-order valence-corrected chi connectivity index (χ0v) is 13.7. The largest absolute Gasteiger partial charge is 0.484 e. The molecule has 1 aromatic carbocycles. The van der Waals surface area contributed by atoms with Crippen LogP contribution < -0.4 is 15.4 Å². The summed E-state index contributed by atoms with van der Waals surface area (Å²) in [5, 5.41) is 5.76. The summed E-state index contributed by atoms with van der Waals surface area (Å²) >= 11 is 0. The van der Waals surface area contributed by atoms with Crippen LogP contribution in [0.1, 0.15) is 38.2 Å². The molecular weight excluding hydrogens is 321 g/mol. The second kappa shape index (κ2) is 8.26. The van der Waals surface area contributed by atoms with Gasteiger partial charge in [-0.3, -0.25) is 0 Å². The summed E-state index contributed by atoms with van der Waals surface area (Å²) in [6, 6.07) is 6.18. The van der Waals surface area contributed by atoms with Gasteiger partial charge in [-0.15, -0.1) is 0 Å². The number of amides is 2. The highest BCUT2D eigenvalue weighted by atomic mass is 19.4. The third-order valence-electron chi connectivity index (χ3n) is 4.21. The van der Waals surface area contributed by atoms with Gasteiger partial charge in [0.05, 0.1) is 0 Å². The average Bonchev–Trinajstić information content (AvgIpc) is 2.53. The summed E-state index contributed by atoms with van der Waals surface area (Å²) in [6.45, 7) is 1.14. The molecule has 0 aromatic heterocycles. The van der Waals surface area contributed by atoms with Crippen molar-refractivity contribution in [2.75, 3.05) is 6.61 Å². The number of hydrogen-bond donors (Lipinski definition) is 2. The first-order chi connectivity index (χ1) is 11.3. The van der Waals surface area contributed by atoms with Crippen LogP contribution >= 0.6 is 0 Å². The lowest BCUT2D eigenvalue weighted by Crippen LogP contribution is -2.45. The first-order valence-corrected chi connectivity index (χ1v) is 8.16. The van der Waals surface area contributed by atoms with Crippen molar-refractivity contribution in [3.05, 3.63) is 29.8 Å². The maximum absolute atomic E-state index is 12.1. The first-order valence-electron chi connectivity index (χ1n) is 8.16. The van der Waals surface area contributed by atoms with E-state index in [4.69, 9.17) is 0 Å². The van der Waals surface area contributed by atoms with Crippen molar-refractivity contribution >= 4 is 6.03 Å². The van der Waals surface area contributed by atoms with E-state index in [0.29, 0.717) is 12.5 Å². The second-order valence-electron chi connectivity index (χ2n) is 6.24. The zero-order valence-electron chi connectivity index (χ0n) is 13.7. The Labute approximate surface area is 139 Å². The molecular formula is C17H23F3N2O2. The molecule has 1 aliphatic rings. The Morgan fingerprint density at radius 3 is 2.50 bits per heavy atom. The number of rotatable bonds is 5. The molecule has 1 fully saturated rings. The van der Waals surface area contributed by atoms with E-state index in [1.807, 2.05) is 0 Å². The van der Waals surface area contributed by atoms with Crippen molar-refractivity contribution < 1.29 is 22.7 Å². The molecule has 134 valence electrons.